The molecule has 2 heterocycles. The van der Waals surface area contributed by atoms with Gasteiger partial charge in [-0.25, -0.2) is 0 Å². The quantitative estimate of drug-likeness (QED) is 0.490. The van der Waals surface area contributed by atoms with E-state index in [0.29, 0.717) is 12.0 Å². The minimum absolute atomic E-state index is 0.209. The van der Waals surface area contributed by atoms with Crippen LogP contribution in [0.3, 0.4) is 0 Å². The van der Waals surface area contributed by atoms with Gasteiger partial charge in [-0.05, 0) is 69.0 Å². The van der Waals surface area contributed by atoms with Gasteiger partial charge in [-0.2, -0.15) is 0 Å². The van der Waals surface area contributed by atoms with Crippen molar-refractivity contribution < 1.29 is 14.3 Å². The number of ether oxygens (including phenoxy) is 1. The average Bonchev–Trinajstić information content (AvgIpc) is 3.25. The Hall–Kier alpha value is -3.38. The highest BCUT2D eigenvalue weighted by atomic mass is 32.1. The van der Waals surface area contributed by atoms with Crippen LogP contribution in [0.4, 0.5) is 0 Å². The van der Waals surface area contributed by atoms with E-state index in [0.717, 1.165) is 27.3 Å². The maximum atomic E-state index is 13.4. The number of aryl methyl sites for hydroxylation is 2. The van der Waals surface area contributed by atoms with Crippen LogP contribution in [-0.4, -0.2) is 17.4 Å². The summed E-state index contributed by atoms with van der Waals surface area (Å²) in [6.07, 6.45) is 2.33. The highest BCUT2D eigenvalue weighted by Gasteiger charge is 2.35. The first-order valence-electron chi connectivity index (χ1n) is 10.9. The summed E-state index contributed by atoms with van der Waals surface area (Å²) < 4.78 is 6.16. The minimum atomic E-state index is -0.429. The van der Waals surface area contributed by atoms with E-state index in [1.807, 2.05) is 75.5 Å². The lowest BCUT2D eigenvalue weighted by atomic mass is 9.89. The maximum absolute atomic E-state index is 13.4. The van der Waals surface area contributed by atoms with E-state index in [1.54, 1.807) is 18.2 Å². The number of amides is 2. The van der Waals surface area contributed by atoms with Crippen molar-refractivity contribution in [2.24, 2.45) is 0 Å². The molecule has 3 aromatic rings. The van der Waals surface area contributed by atoms with Crippen molar-refractivity contribution in [2.45, 2.75) is 45.8 Å². The molecule has 1 atom stereocenters. The summed E-state index contributed by atoms with van der Waals surface area (Å²) in [5.41, 5.74) is 3.38. The number of nitrogens with one attached hydrogen (secondary N) is 2. The molecule has 2 amide bonds. The molecule has 2 N–H and O–H groups in total. The summed E-state index contributed by atoms with van der Waals surface area (Å²) in [4.78, 5) is 27.2. The van der Waals surface area contributed by atoms with E-state index in [-0.39, 0.29) is 23.6 Å². The predicted molar refractivity (Wildman–Crippen MR) is 132 cm³/mol. The first-order chi connectivity index (χ1) is 15.7. The maximum Gasteiger partial charge on any atom is 0.268 e. The fraction of sp³-hybridized carbons (Fsp3) is 0.259. The van der Waals surface area contributed by atoms with Crippen molar-refractivity contribution in [1.29, 1.82) is 0 Å². The molecule has 6 heteroatoms. The second-order valence-corrected chi connectivity index (χ2v) is 10.0. The third-order valence-electron chi connectivity index (χ3n) is 5.57. The van der Waals surface area contributed by atoms with Gasteiger partial charge in [-0.1, -0.05) is 35.9 Å². The molecule has 0 aliphatic carbocycles. The number of fused-ring (bicyclic) bond motifs is 1. The minimum Gasteiger partial charge on any atom is -0.487 e. The third-order valence-corrected chi connectivity index (χ3v) is 6.39. The predicted octanol–water partition coefficient (Wildman–Crippen LogP) is 5.55. The van der Waals surface area contributed by atoms with E-state index >= 15 is 0 Å². The zero-order valence-electron chi connectivity index (χ0n) is 19.3. The summed E-state index contributed by atoms with van der Waals surface area (Å²) in [5.74, 6) is 0.124. The van der Waals surface area contributed by atoms with Crippen molar-refractivity contribution in [2.75, 3.05) is 0 Å². The highest BCUT2D eigenvalue weighted by Crippen LogP contribution is 2.40. The number of rotatable bonds is 5. The largest absolute Gasteiger partial charge is 0.487 e. The summed E-state index contributed by atoms with van der Waals surface area (Å²) >= 11 is 1.50. The summed E-state index contributed by atoms with van der Waals surface area (Å²) in [6.45, 7) is 8.01. The standard InChI is InChI=1S/C27H28N2O3S/c1-17-7-10-19(11-8-17)25(30)28-22(15-20-6-5-13-33-20)26(31)29-23-16-27(3,4)32-24-14-18(2)9-12-21(23)24/h5-15,23H,16H2,1-4H3,(H,28,30)(H,29,31)/b22-15-. The Kier molecular flexibility index (Phi) is 6.38. The second-order valence-electron chi connectivity index (χ2n) is 9.03. The summed E-state index contributed by atoms with van der Waals surface area (Å²) in [5, 5.41) is 7.88. The van der Waals surface area contributed by atoms with Crippen molar-refractivity contribution in [1.82, 2.24) is 10.6 Å². The van der Waals surface area contributed by atoms with Crippen LogP contribution in [0.1, 0.15) is 58.2 Å². The van der Waals surface area contributed by atoms with E-state index in [4.69, 9.17) is 4.74 Å². The van der Waals surface area contributed by atoms with Gasteiger partial charge in [0.25, 0.3) is 11.8 Å². The van der Waals surface area contributed by atoms with Crippen LogP contribution >= 0.6 is 11.3 Å². The van der Waals surface area contributed by atoms with Gasteiger partial charge in [0.2, 0.25) is 0 Å². The van der Waals surface area contributed by atoms with Crippen LogP contribution < -0.4 is 15.4 Å². The van der Waals surface area contributed by atoms with Crippen molar-refractivity contribution >= 4 is 29.2 Å². The van der Waals surface area contributed by atoms with Crippen molar-refractivity contribution in [3.63, 3.8) is 0 Å². The molecule has 0 bridgehead atoms. The van der Waals surface area contributed by atoms with E-state index in [2.05, 4.69) is 10.6 Å². The molecule has 0 spiro atoms. The van der Waals surface area contributed by atoms with Crippen LogP contribution in [0.25, 0.3) is 6.08 Å². The zero-order chi connectivity index (χ0) is 23.6. The number of carbonyl (C=O) groups is 2. The molecule has 0 radical (unpaired) electrons. The lowest BCUT2D eigenvalue weighted by molar-refractivity contribution is -0.119. The van der Waals surface area contributed by atoms with Gasteiger partial charge in [-0.3, -0.25) is 9.59 Å². The Morgan fingerprint density at radius 1 is 1.06 bits per heavy atom. The molecule has 0 saturated heterocycles. The van der Waals surface area contributed by atoms with E-state index in [9.17, 15) is 9.59 Å². The van der Waals surface area contributed by atoms with Gasteiger partial charge < -0.3 is 15.4 Å². The molecule has 2 aromatic carbocycles. The molecule has 1 aliphatic heterocycles. The Balaban J connectivity index is 1.61. The van der Waals surface area contributed by atoms with Crippen molar-refractivity contribution in [3.8, 4) is 5.75 Å². The van der Waals surface area contributed by atoms with Gasteiger partial charge in [0.1, 0.15) is 17.0 Å². The van der Waals surface area contributed by atoms with Crippen molar-refractivity contribution in [3.05, 3.63) is 92.8 Å². The SMILES string of the molecule is Cc1ccc(C(=O)N/C(=C\c2cccs2)C(=O)NC2CC(C)(C)Oc3cc(C)ccc32)cc1. The lowest BCUT2D eigenvalue weighted by Gasteiger charge is -2.38. The molecule has 170 valence electrons. The van der Waals surface area contributed by atoms with E-state index < -0.39 is 5.60 Å². The first-order valence-corrected chi connectivity index (χ1v) is 11.8. The lowest BCUT2D eigenvalue weighted by Crippen LogP contribution is -2.43. The van der Waals surface area contributed by atoms with Crippen LogP contribution in [-0.2, 0) is 4.79 Å². The van der Waals surface area contributed by atoms with Gasteiger partial charge in [0.15, 0.2) is 0 Å². The summed E-state index contributed by atoms with van der Waals surface area (Å²) in [7, 11) is 0. The molecular formula is C27H28N2O3S. The zero-order valence-corrected chi connectivity index (χ0v) is 20.1. The highest BCUT2D eigenvalue weighted by molar-refractivity contribution is 7.10. The van der Waals surface area contributed by atoms with Gasteiger partial charge in [0.05, 0.1) is 6.04 Å². The molecule has 0 fully saturated rings. The van der Waals surface area contributed by atoms with Crippen LogP contribution in [0.2, 0.25) is 0 Å². The Labute approximate surface area is 198 Å². The molecule has 5 nitrogen and oxygen atoms in total. The number of benzene rings is 2. The van der Waals surface area contributed by atoms with Crippen LogP contribution in [0, 0.1) is 13.8 Å². The molecule has 1 aromatic heterocycles. The molecule has 4 rings (SSSR count). The Morgan fingerprint density at radius 2 is 1.79 bits per heavy atom. The van der Waals surface area contributed by atoms with Gasteiger partial charge in [-0.15, -0.1) is 11.3 Å². The third kappa shape index (κ3) is 5.52. The van der Waals surface area contributed by atoms with E-state index in [1.165, 1.54) is 11.3 Å². The number of carbonyl (C=O) groups excluding carboxylic acids is 2. The van der Waals surface area contributed by atoms with Crippen LogP contribution in [0.5, 0.6) is 5.75 Å². The first kappa shape index (κ1) is 22.8. The molecule has 0 saturated carbocycles. The molecular weight excluding hydrogens is 432 g/mol. The number of hydrogen-bond donors (Lipinski definition) is 2. The smallest absolute Gasteiger partial charge is 0.268 e. The fourth-order valence-corrected chi connectivity index (χ4v) is 4.55. The Morgan fingerprint density at radius 3 is 2.48 bits per heavy atom. The topological polar surface area (TPSA) is 67.4 Å². The second kappa shape index (κ2) is 9.24. The monoisotopic (exact) mass is 460 g/mol. The fourth-order valence-electron chi connectivity index (χ4n) is 3.90. The normalized spacial score (nSPS) is 17.0. The van der Waals surface area contributed by atoms with Gasteiger partial charge >= 0.3 is 0 Å². The average molecular weight is 461 g/mol. The number of thiophene rings is 1. The summed E-state index contributed by atoms with van der Waals surface area (Å²) in [6, 6.07) is 16.9. The van der Waals surface area contributed by atoms with Crippen LogP contribution in [0.15, 0.2) is 65.7 Å². The number of hydrogen-bond acceptors (Lipinski definition) is 4. The Bertz CT molecular complexity index is 1190. The van der Waals surface area contributed by atoms with Gasteiger partial charge in [0, 0.05) is 22.4 Å². The molecule has 1 unspecified atom stereocenters. The molecule has 1 aliphatic rings. The molecule has 33 heavy (non-hydrogen) atoms.